The van der Waals surface area contributed by atoms with E-state index in [1.54, 1.807) is 0 Å². The Morgan fingerprint density at radius 2 is 2.16 bits per heavy atom. The van der Waals surface area contributed by atoms with Crippen molar-refractivity contribution in [3.63, 3.8) is 0 Å². The van der Waals surface area contributed by atoms with E-state index in [0.29, 0.717) is 5.92 Å². The van der Waals surface area contributed by atoms with Crippen LogP contribution in [0, 0.1) is 5.92 Å². The van der Waals surface area contributed by atoms with Crippen LogP contribution in [0.2, 0.25) is 0 Å². The van der Waals surface area contributed by atoms with Gasteiger partial charge < -0.3 is 4.74 Å². The van der Waals surface area contributed by atoms with E-state index in [4.69, 9.17) is 10.6 Å². The first-order valence-corrected chi connectivity index (χ1v) is 7.36. The molecule has 5 nitrogen and oxygen atoms in total. The van der Waals surface area contributed by atoms with Gasteiger partial charge in [0.05, 0.1) is 0 Å². The molecule has 1 rings (SSSR count). The molecule has 112 valence electrons. The second-order valence-corrected chi connectivity index (χ2v) is 6.39. The third-order valence-corrected chi connectivity index (χ3v) is 3.35. The number of nitrogens with two attached hydrogens (primary N) is 1. The van der Waals surface area contributed by atoms with Gasteiger partial charge >= 0.3 is 6.09 Å². The van der Waals surface area contributed by atoms with Crippen LogP contribution in [0.4, 0.5) is 4.79 Å². The third-order valence-electron chi connectivity index (χ3n) is 3.35. The summed E-state index contributed by atoms with van der Waals surface area (Å²) in [7, 11) is 0. The summed E-state index contributed by atoms with van der Waals surface area (Å²) in [5.41, 5.74) is -0.508. The summed E-state index contributed by atoms with van der Waals surface area (Å²) in [4.78, 5) is 11.9. The van der Waals surface area contributed by atoms with Crippen LogP contribution in [0.15, 0.2) is 0 Å². The molecule has 1 saturated heterocycles. The number of amides is 1. The Labute approximate surface area is 117 Å². The predicted molar refractivity (Wildman–Crippen MR) is 76.1 cm³/mol. The number of piperidine rings is 1. The van der Waals surface area contributed by atoms with Gasteiger partial charge in [0.15, 0.2) is 0 Å². The van der Waals surface area contributed by atoms with Crippen LogP contribution in [0.25, 0.3) is 0 Å². The lowest BCUT2D eigenvalue weighted by molar-refractivity contribution is -0.0701. The fraction of sp³-hybridized carbons (Fsp3) is 0.929. The number of hydrazine groups is 2. The molecule has 0 bridgehead atoms. The van der Waals surface area contributed by atoms with Crippen LogP contribution in [0.3, 0.4) is 0 Å². The number of hydrogen-bond donors (Lipinski definition) is 1. The minimum Gasteiger partial charge on any atom is -0.442 e. The van der Waals surface area contributed by atoms with Gasteiger partial charge in [0.1, 0.15) is 5.60 Å². The molecular formula is C14H29N3O2. The monoisotopic (exact) mass is 271 g/mol. The third kappa shape index (κ3) is 5.78. The standard InChI is InChI=1S/C14H29N3O2/c1-5-6-8-12-9-7-10-16(11-12)17(15)13(18)19-14(2,3)4/h12H,5-11,15H2,1-4H3/t12-/m1/s1. The summed E-state index contributed by atoms with van der Waals surface area (Å²) in [5, 5.41) is 3.07. The van der Waals surface area contributed by atoms with Gasteiger partial charge in [-0.25, -0.2) is 15.6 Å². The molecule has 1 aliphatic rings. The van der Waals surface area contributed by atoms with E-state index in [9.17, 15) is 4.79 Å². The van der Waals surface area contributed by atoms with E-state index in [0.717, 1.165) is 24.6 Å². The van der Waals surface area contributed by atoms with Crippen molar-refractivity contribution in [1.29, 1.82) is 0 Å². The smallest absolute Gasteiger partial charge is 0.439 e. The predicted octanol–water partition coefficient (Wildman–Crippen LogP) is 2.91. The van der Waals surface area contributed by atoms with Crippen molar-refractivity contribution >= 4 is 6.09 Å². The molecular weight excluding hydrogens is 242 g/mol. The highest BCUT2D eigenvalue weighted by molar-refractivity contribution is 5.66. The van der Waals surface area contributed by atoms with Crippen molar-refractivity contribution in [2.24, 2.45) is 11.8 Å². The fourth-order valence-electron chi connectivity index (χ4n) is 2.39. The van der Waals surface area contributed by atoms with Crippen molar-refractivity contribution in [2.45, 2.75) is 65.4 Å². The summed E-state index contributed by atoms with van der Waals surface area (Å²) in [6.07, 6.45) is 5.53. The van der Waals surface area contributed by atoms with E-state index in [1.165, 1.54) is 25.7 Å². The first-order chi connectivity index (χ1) is 8.83. The van der Waals surface area contributed by atoms with Crippen LogP contribution >= 0.6 is 0 Å². The van der Waals surface area contributed by atoms with Gasteiger partial charge in [-0.3, -0.25) is 0 Å². The maximum absolute atomic E-state index is 11.9. The molecule has 0 aromatic rings. The number of unbranched alkanes of at least 4 members (excludes halogenated alkanes) is 1. The molecule has 2 N–H and O–H groups in total. The van der Waals surface area contributed by atoms with Crippen LogP contribution < -0.4 is 5.84 Å². The largest absolute Gasteiger partial charge is 0.442 e. The van der Waals surface area contributed by atoms with Crippen molar-refractivity contribution in [3.8, 4) is 0 Å². The molecule has 5 heteroatoms. The zero-order valence-corrected chi connectivity index (χ0v) is 12.8. The first-order valence-electron chi connectivity index (χ1n) is 7.36. The zero-order valence-electron chi connectivity index (χ0n) is 12.8. The number of carbonyl (C=O) groups excluding carboxylic acids is 1. The molecule has 0 aromatic heterocycles. The van der Waals surface area contributed by atoms with Crippen molar-refractivity contribution in [1.82, 2.24) is 10.1 Å². The van der Waals surface area contributed by atoms with Crippen LogP contribution in [-0.2, 0) is 4.74 Å². The molecule has 0 spiro atoms. The maximum Gasteiger partial charge on any atom is 0.439 e. The van der Waals surface area contributed by atoms with Crippen LogP contribution in [0.5, 0.6) is 0 Å². The lowest BCUT2D eigenvalue weighted by atomic mass is 9.94. The molecule has 1 atom stereocenters. The number of rotatable bonds is 4. The average molecular weight is 271 g/mol. The molecule has 1 heterocycles. The van der Waals surface area contributed by atoms with Gasteiger partial charge in [0.25, 0.3) is 0 Å². The second-order valence-electron chi connectivity index (χ2n) is 6.39. The first kappa shape index (κ1) is 16.2. The number of ether oxygens (including phenoxy) is 1. The molecule has 1 aliphatic heterocycles. The molecule has 0 aliphatic carbocycles. The molecule has 0 aromatic carbocycles. The fourth-order valence-corrected chi connectivity index (χ4v) is 2.39. The van der Waals surface area contributed by atoms with Crippen molar-refractivity contribution < 1.29 is 9.53 Å². The number of carbonyl (C=O) groups is 1. The number of nitrogens with zero attached hydrogens (tertiary/aromatic N) is 2. The lowest BCUT2D eigenvalue weighted by Crippen LogP contribution is -2.55. The Bertz CT molecular complexity index is 289. The highest BCUT2D eigenvalue weighted by Crippen LogP contribution is 2.22. The Balaban J connectivity index is 2.47. The Morgan fingerprint density at radius 3 is 2.74 bits per heavy atom. The Kier molecular flexibility index (Phi) is 6.07. The maximum atomic E-state index is 11.9. The summed E-state index contributed by atoms with van der Waals surface area (Å²) < 4.78 is 5.29. The van der Waals surface area contributed by atoms with E-state index < -0.39 is 11.7 Å². The topological polar surface area (TPSA) is 58.8 Å². The lowest BCUT2D eigenvalue weighted by Gasteiger charge is -2.38. The normalized spacial score (nSPS) is 21.2. The van der Waals surface area contributed by atoms with Gasteiger partial charge in [0, 0.05) is 13.1 Å². The minimum absolute atomic E-state index is 0.469. The highest BCUT2D eigenvalue weighted by atomic mass is 16.6. The summed E-state index contributed by atoms with van der Waals surface area (Å²) in [6.45, 7) is 9.43. The minimum atomic E-state index is -0.508. The summed E-state index contributed by atoms with van der Waals surface area (Å²) in [6, 6.07) is 0. The summed E-state index contributed by atoms with van der Waals surface area (Å²) in [5.74, 6) is 6.52. The van der Waals surface area contributed by atoms with Gasteiger partial charge in [-0.1, -0.05) is 19.8 Å². The molecule has 0 saturated carbocycles. The van der Waals surface area contributed by atoms with Gasteiger partial charge in [-0.05, 0) is 46.0 Å². The molecule has 0 unspecified atom stereocenters. The molecule has 1 fully saturated rings. The van der Waals surface area contributed by atoms with Gasteiger partial charge in [0.2, 0.25) is 0 Å². The van der Waals surface area contributed by atoms with E-state index >= 15 is 0 Å². The zero-order chi connectivity index (χ0) is 14.5. The Hall–Kier alpha value is -0.810. The van der Waals surface area contributed by atoms with Crippen molar-refractivity contribution in [3.05, 3.63) is 0 Å². The molecule has 19 heavy (non-hydrogen) atoms. The van der Waals surface area contributed by atoms with Gasteiger partial charge in [-0.15, -0.1) is 0 Å². The average Bonchev–Trinajstić information content (AvgIpc) is 2.33. The van der Waals surface area contributed by atoms with E-state index in [1.807, 2.05) is 25.8 Å². The Morgan fingerprint density at radius 1 is 1.47 bits per heavy atom. The van der Waals surface area contributed by atoms with Crippen molar-refractivity contribution in [2.75, 3.05) is 13.1 Å². The van der Waals surface area contributed by atoms with E-state index in [-0.39, 0.29) is 0 Å². The van der Waals surface area contributed by atoms with Gasteiger partial charge in [-0.2, -0.15) is 5.12 Å². The van der Waals surface area contributed by atoms with E-state index in [2.05, 4.69) is 6.92 Å². The number of hydrogen-bond acceptors (Lipinski definition) is 4. The van der Waals surface area contributed by atoms with Crippen LogP contribution in [-0.4, -0.2) is 34.9 Å². The molecule has 0 radical (unpaired) electrons. The summed E-state index contributed by atoms with van der Waals surface area (Å²) >= 11 is 0. The molecule has 1 amide bonds. The van der Waals surface area contributed by atoms with Crippen LogP contribution in [0.1, 0.15) is 59.8 Å². The quantitative estimate of drug-likeness (QED) is 0.485. The highest BCUT2D eigenvalue weighted by Gasteiger charge is 2.28. The second kappa shape index (κ2) is 7.10. The SMILES string of the molecule is CCCC[C@@H]1CCCN(N(N)C(=O)OC(C)(C)C)C1.